The number of nitrogens with zero attached hydrogens (tertiary/aromatic N) is 4. The van der Waals surface area contributed by atoms with Crippen LogP contribution in [-0.2, 0) is 33.5 Å². The fourth-order valence-electron chi connectivity index (χ4n) is 6.31. The Morgan fingerprint density at radius 2 is 1.27 bits per heavy atom. The summed E-state index contributed by atoms with van der Waals surface area (Å²) in [5.74, 6) is 1.21. The zero-order valence-electron chi connectivity index (χ0n) is 27.8. The summed E-state index contributed by atoms with van der Waals surface area (Å²) >= 11 is 0. The summed E-state index contributed by atoms with van der Waals surface area (Å²) in [6, 6.07) is 53.0. The van der Waals surface area contributed by atoms with Crippen molar-refractivity contribution < 1.29 is 30.4 Å². The monoisotopic (exact) mass is 818 g/mol. The molecule has 242 valence electrons. The van der Waals surface area contributed by atoms with Gasteiger partial charge in [-0.15, -0.1) is 42.7 Å². The third-order valence-corrected chi connectivity index (χ3v) is 8.80. The summed E-state index contributed by atoms with van der Waals surface area (Å²) in [6.07, 6.45) is 3.38. The number of hydrogen-bond donors (Lipinski definition) is 0. The first-order chi connectivity index (χ1) is 23.3. The van der Waals surface area contributed by atoms with Crippen molar-refractivity contribution in [2.75, 3.05) is 9.80 Å². The number of aryl methyl sites for hydroxylation is 1. The molecule has 8 rings (SSSR count). The number of aromatic nitrogens is 2. The van der Waals surface area contributed by atoms with Gasteiger partial charge in [0, 0.05) is 34.1 Å². The first kappa shape index (κ1) is 32.4. The van der Waals surface area contributed by atoms with E-state index < -0.39 is 0 Å². The van der Waals surface area contributed by atoms with E-state index in [9.17, 15) is 0 Å². The molecule has 0 atom stereocenters. The van der Waals surface area contributed by atoms with E-state index in [-0.39, 0.29) is 26.5 Å². The molecule has 6 aromatic carbocycles. The Hall–Kier alpha value is -5.12. The van der Waals surface area contributed by atoms with Gasteiger partial charge < -0.3 is 23.7 Å². The van der Waals surface area contributed by atoms with Gasteiger partial charge in [0.15, 0.2) is 0 Å². The first-order valence-electron chi connectivity index (χ1n) is 16.2. The molecule has 0 N–H and O–H groups in total. The van der Waals surface area contributed by atoms with Crippen LogP contribution < -0.4 is 19.1 Å². The Kier molecular flexibility index (Phi) is 8.64. The molecule has 0 unspecified atom stereocenters. The van der Waals surface area contributed by atoms with Gasteiger partial charge >= 0.3 is 21.1 Å². The summed E-state index contributed by atoms with van der Waals surface area (Å²) < 4.78 is 10.4. The van der Waals surface area contributed by atoms with Gasteiger partial charge in [-0.3, -0.25) is 0 Å². The molecule has 1 aliphatic rings. The van der Waals surface area contributed by atoms with E-state index >= 15 is 0 Å². The molecule has 1 aromatic heterocycles. The van der Waals surface area contributed by atoms with E-state index in [1.54, 1.807) is 0 Å². The van der Waals surface area contributed by atoms with Gasteiger partial charge in [-0.1, -0.05) is 105 Å². The minimum Gasteiger partial charge on any atom is -0.510 e. The van der Waals surface area contributed by atoms with Gasteiger partial charge in [0.2, 0.25) is 6.33 Å². The fraction of sp³-hybridized carbons (Fsp3) is 0.116. The Morgan fingerprint density at radius 1 is 0.633 bits per heavy atom. The van der Waals surface area contributed by atoms with E-state index in [0.29, 0.717) is 11.5 Å². The molecule has 6 heteroatoms. The van der Waals surface area contributed by atoms with Crippen LogP contribution >= 0.6 is 0 Å². The molecule has 49 heavy (non-hydrogen) atoms. The summed E-state index contributed by atoms with van der Waals surface area (Å²) in [4.78, 5) is 4.48. The topological polar surface area (TPSA) is 24.5 Å². The van der Waals surface area contributed by atoms with Crippen LogP contribution in [0.25, 0.3) is 27.8 Å². The minimum atomic E-state index is 0. The molecular formula is C43H35N4OPt+. The predicted octanol–water partition coefficient (Wildman–Crippen LogP) is 10.0. The molecule has 2 heterocycles. The van der Waals surface area contributed by atoms with Gasteiger partial charge in [-0.25, -0.2) is 0 Å². The Labute approximate surface area is 302 Å². The molecule has 0 saturated heterocycles. The van der Waals surface area contributed by atoms with Gasteiger partial charge in [0.05, 0.1) is 18.1 Å². The van der Waals surface area contributed by atoms with Gasteiger partial charge in [-0.2, -0.15) is 18.2 Å². The average Bonchev–Trinajstić information content (AvgIpc) is 3.66. The van der Waals surface area contributed by atoms with Crippen molar-refractivity contribution in [1.29, 1.82) is 0 Å². The standard InChI is InChI=1S/C43H35N4O.Pt/c1-43(2,3)32-24-25-37(31-14-6-5-7-15-31)42(26-32)47-30-46(40-22-10-11-23-41(40)47)34-17-13-19-36(28-34)48-35-18-12-16-33(27-35)45-29-44(4)38-20-8-9-21-39(38)45;/h5-26,30H,1-4H3;/q-3;+4. The summed E-state index contributed by atoms with van der Waals surface area (Å²) in [5.41, 5.74) is 10.8. The zero-order chi connectivity index (χ0) is 32.8. The van der Waals surface area contributed by atoms with Gasteiger partial charge in [0.1, 0.15) is 0 Å². The van der Waals surface area contributed by atoms with Crippen molar-refractivity contribution in [3.8, 4) is 28.3 Å². The molecule has 7 aromatic rings. The largest absolute Gasteiger partial charge is 4.00 e. The van der Waals surface area contributed by atoms with Crippen molar-refractivity contribution in [3.63, 3.8) is 0 Å². The number of ether oxygens (including phenoxy) is 1. The first-order valence-corrected chi connectivity index (χ1v) is 16.2. The van der Waals surface area contributed by atoms with Crippen LogP contribution in [0.4, 0.5) is 22.7 Å². The van der Waals surface area contributed by atoms with Crippen molar-refractivity contribution in [1.82, 2.24) is 4.57 Å². The number of imidazole rings is 1. The molecule has 0 amide bonds. The van der Waals surface area contributed by atoms with Crippen molar-refractivity contribution >= 4 is 33.8 Å². The van der Waals surface area contributed by atoms with Crippen LogP contribution in [0, 0.1) is 25.1 Å². The SMILES string of the molecule is C[n+]1[c-]n(-c2[c-]c(Oc3[c-]c(N4[CH-]N(c5cc(C(C)(C)C)ccc5-c5ccccc5)c5ccccc54)ccc3)ccc2)c2ccccc21.[Pt+4]. The number of para-hydroxylation sites is 4. The van der Waals surface area contributed by atoms with E-state index in [0.717, 1.165) is 39.5 Å². The quantitative estimate of drug-likeness (QED) is 0.123. The number of rotatable bonds is 6. The normalized spacial score (nSPS) is 12.6. The molecule has 0 saturated carbocycles. The molecule has 0 aliphatic carbocycles. The van der Waals surface area contributed by atoms with Crippen LogP contribution in [0.5, 0.6) is 11.5 Å². The fourth-order valence-corrected chi connectivity index (χ4v) is 6.31. The molecule has 5 nitrogen and oxygen atoms in total. The van der Waals surface area contributed by atoms with Crippen LogP contribution in [-0.4, -0.2) is 4.57 Å². The maximum Gasteiger partial charge on any atom is 4.00 e. The smallest absolute Gasteiger partial charge is 0.510 e. The van der Waals surface area contributed by atoms with Crippen LogP contribution in [0.3, 0.4) is 0 Å². The molecule has 1 aliphatic heterocycles. The predicted molar refractivity (Wildman–Crippen MR) is 193 cm³/mol. The molecule has 0 bridgehead atoms. The number of anilines is 4. The second kappa shape index (κ2) is 13.1. The molecular weight excluding hydrogens is 784 g/mol. The summed E-state index contributed by atoms with van der Waals surface area (Å²) in [6.45, 7) is 8.94. The zero-order valence-corrected chi connectivity index (χ0v) is 30.1. The minimum absolute atomic E-state index is 0. The van der Waals surface area contributed by atoms with Crippen LogP contribution in [0.2, 0.25) is 0 Å². The number of benzene rings is 6. The number of fused-ring (bicyclic) bond motifs is 2. The van der Waals surface area contributed by atoms with Crippen molar-refractivity contribution in [2.45, 2.75) is 26.2 Å². The van der Waals surface area contributed by atoms with Crippen LogP contribution in [0.1, 0.15) is 26.3 Å². The van der Waals surface area contributed by atoms with E-state index in [1.807, 2.05) is 58.6 Å². The summed E-state index contributed by atoms with van der Waals surface area (Å²) in [5, 5.41) is 0. The average molecular weight is 819 g/mol. The van der Waals surface area contributed by atoms with Crippen LogP contribution in [0.15, 0.2) is 133 Å². The van der Waals surface area contributed by atoms with Crippen molar-refractivity contribution in [3.05, 3.63) is 164 Å². The van der Waals surface area contributed by atoms with Gasteiger partial charge in [0.25, 0.3) is 0 Å². The van der Waals surface area contributed by atoms with E-state index in [1.165, 1.54) is 16.7 Å². The van der Waals surface area contributed by atoms with E-state index in [4.69, 9.17) is 4.74 Å². The van der Waals surface area contributed by atoms with Crippen molar-refractivity contribution in [2.24, 2.45) is 7.05 Å². The van der Waals surface area contributed by atoms with Gasteiger partial charge in [-0.05, 0) is 34.7 Å². The van der Waals surface area contributed by atoms with E-state index in [2.05, 4.69) is 147 Å². The maximum atomic E-state index is 6.39. The molecule has 0 fully saturated rings. The molecule has 0 spiro atoms. The second-order valence-electron chi connectivity index (χ2n) is 13.1. The Balaban J connectivity index is 0.00000378. The Bertz CT molecular complexity index is 2270. The maximum absolute atomic E-state index is 6.39. The molecule has 0 radical (unpaired) electrons. The number of hydrogen-bond acceptors (Lipinski definition) is 3. The summed E-state index contributed by atoms with van der Waals surface area (Å²) in [7, 11) is 2.00. The third kappa shape index (κ3) is 6.16. The Morgan fingerprint density at radius 3 is 2.00 bits per heavy atom. The second-order valence-corrected chi connectivity index (χ2v) is 13.1. The third-order valence-electron chi connectivity index (χ3n) is 8.80.